The lowest BCUT2D eigenvalue weighted by molar-refractivity contribution is -0.112. The van der Waals surface area contributed by atoms with Crippen LogP contribution in [0, 0.1) is 5.92 Å². The van der Waals surface area contributed by atoms with Gasteiger partial charge in [-0.1, -0.05) is 13.8 Å². The monoisotopic (exact) mass is 423 g/mol. The Bertz CT molecular complexity index is 1000. The van der Waals surface area contributed by atoms with E-state index in [2.05, 4.69) is 9.71 Å². The molecule has 2 aliphatic rings. The van der Waals surface area contributed by atoms with Crippen LogP contribution in [0.3, 0.4) is 0 Å². The molecule has 3 heterocycles. The van der Waals surface area contributed by atoms with E-state index in [0.717, 1.165) is 5.56 Å². The summed E-state index contributed by atoms with van der Waals surface area (Å²) in [6.07, 6.45) is 5.51. The summed E-state index contributed by atoms with van der Waals surface area (Å²) in [5, 5.41) is 4.92. The molecule has 0 unspecified atom stereocenters. The fourth-order valence-electron chi connectivity index (χ4n) is 2.97. The second kappa shape index (κ2) is 7.88. The molecule has 1 amide bonds. The summed E-state index contributed by atoms with van der Waals surface area (Å²) in [5.74, 6) is -0.753. The Balaban J connectivity index is 1.92. The zero-order valence-corrected chi connectivity index (χ0v) is 17.4. The van der Waals surface area contributed by atoms with Gasteiger partial charge in [0.25, 0.3) is 15.9 Å². The molecule has 0 radical (unpaired) electrons. The topological polar surface area (TPSA) is 105 Å². The van der Waals surface area contributed by atoms with E-state index >= 15 is 0 Å². The highest BCUT2D eigenvalue weighted by atomic mass is 32.2. The number of carbonyl (C=O) groups is 2. The number of esters is 1. The second-order valence-electron chi connectivity index (χ2n) is 6.82. The molecule has 0 bridgehead atoms. The number of fused-ring (bicyclic) bond motifs is 1. The molecule has 10 heteroatoms. The minimum Gasteiger partial charge on any atom is -0.465 e. The van der Waals surface area contributed by atoms with E-state index in [4.69, 9.17) is 4.74 Å². The van der Waals surface area contributed by atoms with Crippen molar-refractivity contribution in [3.05, 3.63) is 40.4 Å². The summed E-state index contributed by atoms with van der Waals surface area (Å²) >= 11 is 1.23. The summed E-state index contributed by atoms with van der Waals surface area (Å²) in [6, 6.07) is 0. The minimum absolute atomic E-state index is 0.0878. The van der Waals surface area contributed by atoms with Gasteiger partial charge >= 0.3 is 5.97 Å². The average Bonchev–Trinajstić information content (AvgIpc) is 3.01. The Kier molecular flexibility index (Phi) is 5.71. The van der Waals surface area contributed by atoms with Crippen molar-refractivity contribution in [3.8, 4) is 0 Å². The van der Waals surface area contributed by atoms with E-state index in [1.54, 1.807) is 17.2 Å². The number of sulfonamides is 1. The Hall–Kier alpha value is -2.46. The highest BCUT2D eigenvalue weighted by Crippen LogP contribution is 2.31. The highest BCUT2D eigenvalue weighted by molar-refractivity contribution is 7.90. The Labute approximate surface area is 167 Å². The Morgan fingerprint density at radius 3 is 2.82 bits per heavy atom. The zero-order valence-electron chi connectivity index (χ0n) is 15.8. The van der Waals surface area contributed by atoms with E-state index in [1.165, 1.54) is 24.5 Å². The fraction of sp³-hybridized carbons (Fsp3) is 0.389. The van der Waals surface area contributed by atoms with Gasteiger partial charge in [0.1, 0.15) is 5.00 Å². The van der Waals surface area contributed by atoms with Crippen molar-refractivity contribution in [2.24, 2.45) is 10.3 Å². The van der Waals surface area contributed by atoms with Gasteiger partial charge in [-0.25, -0.2) is 13.2 Å². The summed E-state index contributed by atoms with van der Waals surface area (Å²) in [7, 11) is -2.32. The molecule has 1 aromatic rings. The fourth-order valence-corrected chi connectivity index (χ4v) is 4.91. The van der Waals surface area contributed by atoms with E-state index < -0.39 is 21.9 Å². The third-order valence-corrected chi connectivity index (χ3v) is 6.31. The number of ether oxygens (including phenoxy) is 1. The summed E-state index contributed by atoms with van der Waals surface area (Å²) < 4.78 is 32.3. The Morgan fingerprint density at radius 1 is 1.39 bits per heavy atom. The molecule has 0 atom stereocenters. The number of methoxy groups -OCH3 is 1. The van der Waals surface area contributed by atoms with Crippen molar-refractivity contribution in [2.75, 3.05) is 24.7 Å². The normalized spacial score (nSPS) is 17.6. The van der Waals surface area contributed by atoms with Crippen molar-refractivity contribution >= 4 is 44.1 Å². The molecular formula is C18H21N3O5S2. The highest BCUT2D eigenvalue weighted by Gasteiger charge is 2.31. The van der Waals surface area contributed by atoms with Gasteiger partial charge in [-0.15, -0.1) is 15.7 Å². The number of hydrogen-bond acceptors (Lipinski definition) is 7. The number of allylic oxidation sites excluding steroid dienone is 2. The number of amides is 1. The molecule has 0 aliphatic carbocycles. The van der Waals surface area contributed by atoms with Gasteiger partial charge in [0.2, 0.25) is 0 Å². The maximum Gasteiger partial charge on any atom is 0.341 e. The Morgan fingerprint density at radius 2 is 2.14 bits per heavy atom. The van der Waals surface area contributed by atoms with Gasteiger partial charge in [-0.2, -0.15) is 0 Å². The smallest absolute Gasteiger partial charge is 0.341 e. The van der Waals surface area contributed by atoms with E-state index in [-0.39, 0.29) is 23.7 Å². The molecule has 0 saturated carbocycles. The lowest BCUT2D eigenvalue weighted by atomic mass is 10.0. The van der Waals surface area contributed by atoms with Crippen LogP contribution < -0.4 is 5.32 Å². The second-order valence-corrected chi connectivity index (χ2v) is 9.46. The lowest BCUT2D eigenvalue weighted by Crippen LogP contribution is -2.40. The number of carbonyl (C=O) groups excluding carboxylic acids is 2. The minimum atomic E-state index is -3.61. The maximum absolute atomic E-state index is 12.9. The van der Waals surface area contributed by atoms with Crippen molar-refractivity contribution < 1.29 is 22.7 Å². The first-order valence-electron chi connectivity index (χ1n) is 8.70. The van der Waals surface area contributed by atoms with Crippen LogP contribution in [-0.2, 0) is 26.0 Å². The average molecular weight is 424 g/mol. The van der Waals surface area contributed by atoms with Crippen LogP contribution in [0.25, 0.3) is 0 Å². The van der Waals surface area contributed by atoms with Gasteiger partial charge in [0, 0.05) is 12.7 Å². The van der Waals surface area contributed by atoms with Crippen LogP contribution in [0.2, 0.25) is 0 Å². The van der Waals surface area contributed by atoms with Crippen molar-refractivity contribution in [1.29, 1.82) is 0 Å². The largest absolute Gasteiger partial charge is 0.465 e. The zero-order chi connectivity index (χ0) is 20.5. The first kappa shape index (κ1) is 20.3. The van der Waals surface area contributed by atoms with Gasteiger partial charge < -0.3 is 15.0 Å². The molecule has 150 valence electrons. The number of amidine groups is 1. The third-order valence-electron chi connectivity index (χ3n) is 4.21. The molecular weight excluding hydrogens is 402 g/mol. The van der Waals surface area contributed by atoms with E-state index in [1.807, 2.05) is 19.2 Å². The first-order valence-corrected chi connectivity index (χ1v) is 11.2. The molecule has 2 aliphatic heterocycles. The molecule has 0 saturated heterocycles. The van der Waals surface area contributed by atoms with E-state index in [0.29, 0.717) is 22.9 Å². The van der Waals surface area contributed by atoms with Crippen molar-refractivity contribution in [2.45, 2.75) is 20.3 Å². The summed E-state index contributed by atoms with van der Waals surface area (Å²) in [5.41, 5.74) is 1.26. The van der Waals surface area contributed by atoms with Crippen LogP contribution in [0.5, 0.6) is 0 Å². The number of nitrogens with one attached hydrogen (secondary N) is 1. The van der Waals surface area contributed by atoms with Gasteiger partial charge in [0.15, 0.2) is 5.84 Å². The van der Waals surface area contributed by atoms with E-state index in [9.17, 15) is 18.0 Å². The van der Waals surface area contributed by atoms with Crippen molar-refractivity contribution in [3.63, 3.8) is 0 Å². The van der Waals surface area contributed by atoms with Gasteiger partial charge in [-0.3, -0.25) is 4.79 Å². The number of rotatable bonds is 5. The standard InChI is InChI=1S/C18H21N3O5S2/c1-11(2)9-12-10-27-17(14(12)18(23)26-3)19-16(22)13-5-4-6-21-7-8-28(24,25)20-15(13)21/h4-6,10-11H,7-9H2,1-3H3,(H,19,22). The van der Waals surface area contributed by atoms with Gasteiger partial charge in [0.05, 0.1) is 24.0 Å². The quantitative estimate of drug-likeness (QED) is 0.728. The number of thiophene rings is 1. The lowest BCUT2D eigenvalue weighted by Gasteiger charge is -2.28. The molecule has 1 N–H and O–H groups in total. The van der Waals surface area contributed by atoms with Crippen LogP contribution in [-0.4, -0.2) is 50.4 Å². The number of anilines is 1. The SMILES string of the molecule is COC(=O)c1c(CC(C)C)csc1NC(=O)C1=CC=CN2CCS(=O)(=O)N=C12. The molecule has 0 aromatic carbocycles. The van der Waals surface area contributed by atoms with Crippen LogP contribution in [0.15, 0.2) is 33.7 Å². The van der Waals surface area contributed by atoms with Crippen LogP contribution in [0.1, 0.15) is 29.8 Å². The maximum atomic E-state index is 12.9. The molecule has 3 rings (SSSR count). The summed E-state index contributed by atoms with van der Waals surface area (Å²) in [6.45, 7) is 4.30. The first-order chi connectivity index (χ1) is 13.2. The molecule has 0 fully saturated rings. The van der Waals surface area contributed by atoms with Gasteiger partial charge in [-0.05, 0) is 35.4 Å². The number of hydrogen-bond donors (Lipinski definition) is 1. The third kappa shape index (κ3) is 4.17. The van der Waals surface area contributed by atoms with Crippen LogP contribution >= 0.6 is 11.3 Å². The summed E-state index contributed by atoms with van der Waals surface area (Å²) in [4.78, 5) is 26.8. The molecule has 1 aromatic heterocycles. The molecule has 8 nitrogen and oxygen atoms in total. The van der Waals surface area contributed by atoms with Crippen molar-refractivity contribution in [1.82, 2.24) is 4.90 Å². The molecule has 0 spiro atoms. The predicted octanol–water partition coefficient (Wildman–Crippen LogP) is 2.17. The molecule has 28 heavy (non-hydrogen) atoms. The predicted molar refractivity (Wildman–Crippen MR) is 108 cm³/mol. The van der Waals surface area contributed by atoms with Crippen LogP contribution in [0.4, 0.5) is 5.00 Å². The number of nitrogens with zero attached hydrogens (tertiary/aromatic N) is 2.